The standard InChI is InChI=1S/BH4.K.Na.HO2P/c;;;1-3-2/h1H4;;;(H,1,2)/q-1;2*+1;/p-1. The average Bonchev–Trinajstić information content (AvgIpc) is 0.918. The van der Waals surface area contributed by atoms with E-state index in [0.29, 0.717) is 0 Å². The molecule has 0 N–H and O–H groups in total. The van der Waals surface area contributed by atoms with Crippen molar-refractivity contribution < 1.29 is 90.4 Å². The Morgan fingerprint density at radius 2 is 1.50 bits per heavy atom. The van der Waals surface area contributed by atoms with E-state index in [9.17, 15) is 0 Å². The van der Waals surface area contributed by atoms with E-state index < -0.39 is 8.69 Å². The van der Waals surface area contributed by atoms with Crippen molar-refractivity contribution in [1.29, 1.82) is 0 Å². The molecule has 6 heteroatoms. The number of hydrogen-bond donors (Lipinski definition) is 0. The molecular weight excluding hydrogens is 136 g/mol. The molecule has 0 saturated carbocycles. The van der Waals surface area contributed by atoms with E-state index >= 15 is 0 Å². The second kappa shape index (κ2) is 25.1. The quantitative estimate of drug-likeness (QED) is 0.247. The summed E-state index contributed by atoms with van der Waals surface area (Å²) in [6, 6.07) is 0. The summed E-state index contributed by atoms with van der Waals surface area (Å²) in [6.07, 6.45) is 0. The summed E-state index contributed by atoms with van der Waals surface area (Å²) in [4.78, 5) is 8.35. The molecule has 0 aliphatic carbocycles. The van der Waals surface area contributed by atoms with Crippen LogP contribution in [0.5, 0.6) is 0 Å². The molecule has 26 valence electrons. The van der Waals surface area contributed by atoms with Gasteiger partial charge in [-0.25, -0.2) is 0 Å². The first-order chi connectivity index (χ1) is 1.41. The molecule has 0 radical (unpaired) electrons. The van der Waals surface area contributed by atoms with E-state index in [-0.39, 0.29) is 89.4 Å². The van der Waals surface area contributed by atoms with Gasteiger partial charge in [-0.2, -0.15) is 0 Å². The average molecular weight is 140 g/mol. The normalized spacial score (nSPS) is 3.50. The van der Waals surface area contributed by atoms with Crippen molar-refractivity contribution in [1.82, 2.24) is 0 Å². The van der Waals surface area contributed by atoms with Crippen LogP contribution >= 0.6 is 8.69 Å². The van der Waals surface area contributed by atoms with Crippen LogP contribution < -0.4 is 85.8 Å². The van der Waals surface area contributed by atoms with Crippen molar-refractivity contribution in [3.05, 3.63) is 0 Å². The molecule has 0 aliphatic heterocycles. The molecule has 6 heavy (non-hydrogen) atoms. The predicted molar refractivity (Wildman–Crippen MR) is 18.9 cm³/mol. The molecule has 0 aromatic heterocycles. The van der Waals surface area contributed by atoms with Gasteiger partial charge < -0.3 is 4.89 Å². The van der Waals surface area contributed by atoms with Gasteiger partial charge in [0.05, 0.1) is 8.69 Å². The summed E-state index contributed by atoms with van der Waals surface area (Å²) in [7, 11) is -1.08. The van der Waals surface area contributed by atoms with Gasteiger partial charge in [0.25, 0.3) is 0 Å². The third-order valence-electron chi connectivity index (χ3n) is 0. The zero-order valence-electron chi connectivity index (χ0n) is 3.26. The minimum absolute atomic E-state index is 0. The Hall–Kier alpha value is 2.76. The van der Waals surface area contributed by atoms with Gasteiger partial charge in [-0.05, 0) is 0 Å². The van der Waals surface area contributed by atoms with Gasteiger partial charge in [0.1, 0.15) is 0 Å². The molecule has 0 saturated heterocycles. The molecule has 0 spiro atoms. The van der Waals surface area contributed by atoms with Crippen LogP contribution in [0.25, 0.3) is 0 Å². The van der Waals surface area contributed by atoms with Crippen molar-refractivity contribution in [2.24, 2.45) is 0 Å². The second-order valence-corrected chi connectivity index (χ2v) is 0.224. The third kappa shape index (κ3) is 29.4. The summed E-state index contributed by atoms with van der Waals surface area (Å²) >= 11 is 0. The first-order valence-electron chi connectivity index (χ1n) is 0.365. The molecule has 0 unspecified atom stereocenters. The minimum Gasteiger partial charge on any atom is -0.772 e. The molecular formula is H4BKNaO2P. The Kier molecular flexibility index (Phi) is 97.3. The summed E-state index contributed by atoms with van der Waals surface area (Å²) < 4.78 is 8.35. The topological polar surface area (TPSA) is 40.1 Å². The Balaban J connectivity index is -0.00000000667. The summed E-state index contributed by atoms with van der Waals surface area (Å²) in [6.45, 7) is 0. The first kappa shape index (κ1) is 23.3. The van der Waals surface area contributed by atoms with Crippen LogP contribution in [-0.2, 0) is 4.57 Å². The van der Waals surface area contributed by atoms with Gasteiger partial charge in [0.2, 0.25) is 0 Å². The SMILES string of the molecule is O=P[O-].[BH4-].[K+].[Na+]. The molecule has 0 heterocycles. The largest absolute Gasteiger partial charge is 1.00 e. The van der Waals surface area contributed by atoms with E-state index in [1.54, 1.807) is 0 Å². The van der Waals surface area contributed by atoms with Gasteiger partial charge in [0, 0.05) is 0 Å². The van der Waals surface area contributed by atoms with Crippen LogP contribution in [0.4, 0.5) is 0 Å². The second-order valence-electron chi connectivity index (χ2n) is 0.0745. The Morgan fingerprint density at radius 1 is 1.50 bits per heavy atom. The maximum Gasteiger partial charge on any atom is 1.00 e. The van der Waals surface area contributed by atoms with Crippen LogP contribution in [0.1, 0.15) is 0 Å². The van der Waals surface area contributed by atoms with Gasteiger partial charge in [0.15, 0.2) is 0 Å². The zero-order valence-corrected chi connectivity index (χ0v) is 9.28. The first-order valence-corrected chi connectivity index (χ1v) is 1.10. The smallest absolute Gasteiger partial charge is 0.772 e. The Morgan fingerprint density at radius 3 is 1.50 bits per heavy atom. The van der Waals surface area contributed by atoms with Gasteiger partial charge in [-0.1, -0.05) is 8.41 Å². The van der Waals surface area contributed by atoms with Crippen LogP contribution in [-0.4, -0.2) is 8.41 Å². The molecule has 2 nitrogen and oxygen atoms in total. The van der Waals surface area contributed by atoms with Crippen molar-refractivity contribution in [2.75, 3.05) is 0 Å². The molecule has 0 rings (SSSR count). The van der Waals surface area contributed by atoms with E-state index in [2.05, 4.69) is 0 Å². The van der Waals surface area contributed by atoms with Crippen molar-refractivity contribution in [2.45, 2.75) is 0 Å². The maximum absolute atomic E-state index is 8.35. The van der Waals surface area contributed by atoms with Gasteiger partial charge >= 0.3 is 80.9 Å². The Bertz CT molecular complexity index is 21.0. The van der Waals surface area contributed by atoms with E-state index in [1.165, 1.54) is 0 Å². The summed E-state index contributed by atoms with van der Waals surface area (Å²) in [5.41, 5.74) is 0. The predicted octanol–water partition coefficient (Wildman–Crippen LogP) is -7.89. The maximum atomic E-state index is 8.35. The van der Waals surface area contributed by atoms with Crippen molar-refractivity contribution in [3.8, 4) is 0 Å². The fraction of sp³-hybridized carbons (Fsp3) is 0. The van der Waals surface area contributed by atoms with Crippen molar-refractivity contribution >= 4 is 17.1 Å². The monoisotopic (exact) mass is 140 g/mol. The number of hydrogen-bond acceptors (Lipinski definition) is 2. The van der Waals surface area contributed by atoms with Crippen molar-refractivity contribution in [3.63, 3.8) is 0 Å². The van der Waals surface area contributed by atoms with Crippen LogP contribution in [0.3, 0.4) is 0 Å². The molecule has 0 aliphatic rings. The molecule has 0 amide bonds. The molecule has 0 aromatic rings. The van der Waals surface area contributed by atoms with Gasteiger partial charge in [-0.15, -0.1) is 0 Å². The van der Waals surface area contributed by atoms with E-state index in [4.69, 9.17) is 9.46 Å². The van der Waals surface area contributed by atoms with E-state index in [0.717, 1.165) is 0 Å². The number of rotatable bonds is 0. The molecule has 0 aromatic carbocycles. The molecule has 0 fully saturated rings. The van der Waals surface area contributed by atoms with Crippen LogP contribution in [0, 0.1) is 0 Å². The molecule has 0 bridgehead atoms. The van der Waals surface area contributed by atoms with Crippen LogP contribution in [0.2, 0.25) is 0 Å². The van der Waals surface area contributed by atoms with Gasteiger partial charge in [-0.3, -0.25) is 4.57 Å². The molecule has 0 atom stereocenters. The summed E-state index contributed by atoms with van der Waals surface area (Å²) in [5, 5.41) is 0. The third-order valence-corrected chi connectivity index (χ3v) is 0. The van der Waals surface area contributed by atoms with Crippen LogP contribution in [0.15, 0.2) is 0 Å². The fourth-order valence-electron chi connectivity index (χ4n) is 0. The minimum atomic E-state index is -1.08. The summed E-state index contributed by atoms with van der Waals surface area (Å²) in [5.74, 6) is 0. The Labute approximate surface area is 105 Å². The van der Waals surface area contributed by atoms with E-state index in [1.807, 2.05) is 0 Å². The zero-order chi connectivity index (χ0) is 2.71. The fourth-order valence-corrected chi connectivity index (χ4v) is 0.